The van der Waals surface area contributed by atoms with Gasteiger partial charge in [-0.15, -0.1) is 0 Å². The first-order chi connectivity index (χ1) is 15.6. The Kier molecular flexibility index (Phi) is 5.15. The Labute approximate surface area is 186 Å². The zero-order valence-corrected chi connectivity index (χ0v) is 18.1. The molecule has 0 aliphatic rings. The van der Waals surface area contributed by atoms with E-state index in [-0.39, 0.29) is 5.91 Å². The Hall–Kier alpha value is -3.99. The topological polar surface area (TPSA) is 70.7 Å². The molecule has 0 saturated heterocycles. The first-order valence-electron chi connectivity index (χ1n) is 10.8. The average molecular weight is 421 g/mol. The second kappa shape index (κ2) is 8.27. The number of hydrogen-bond donors (Lipinski definition) is 2. The summed E-state index contributed by atoms with van der Waals surface area (Å²) in [6.07, 6.45) is 5.14. The maximum Gasteiger partial charge on any atom is 0.274 e. The van der Waals surface area contributed by atoms with Gasteiger partial charge in [-0.05, 0) is 67.6 Å². The van der Waals surface area contributed by atoms with Crippen molar-refractivity contribution in [2.75, 3.05) is 5.32 Å². The van der Waals surface area contributed by atoms with Crippen LogP contribution in [-0.2, 0) is 12.8 Å². The third-order valence-corrected chi connectivity index (χ3v) is 5.92. The molecule has 0 spiro atoms. The number of carbonyl (C=O) groups excluding carboxylic acids is 1. The number of rotatable bonds is 5. The molecular formula is C27H24N4O. The van der Waals surface area contributed by atoms with Crippen LogP contribution < -0.4 is 5.32 Å². The fraction of sp³-hybridized carbons (Fsp3) is 0.148. The number of para-hydroxylation sites is 2. The lowest BCUT2D eigenvalue weighted by Crippen LogP contribution is -2.16. The second-order valence-corrected chi connectivity index (χ2v) is 8.12. The number of anilines is 1. The minimum absolute atomic E-state index is 0.195. The van der Waals surface area contributed by atoms with Gasteiger partial charge in [0.05, 0.1) is 11.2 Å². The van der Waals surface area contributed by atoms with Crippen molar-refractivity contribution in [2.24, 2.45) is 0 Å². The van der Waals surface area contributed by atoms with Crippen molar-refractivity contribution in [1.29, 1.82) is 0 Å². The van der Waals surface area contributed by atoms with Gasteiger partial charge in [-0.1, -0.05) is 36.4 Å². The summed E-state index contributed by atoms with van der Waals surface area (Å²) in [5.74, 6) is -0.195. The Bertz CT molecular complexity index is 1420. The largest absolute Gasteiger partial charge is 0.353 e. The number of carbonyl (C=O) groups is 1. The summed E-state index contributed by atoms with van der Waals surface area (Å²) in [6, 6.07) is 20.1. The summed E-state index contributed by atoms with van der Waals surface area (Å²) in [4.78, 5) is 25.7. The van der Waals surface area contributed by atoms with Crippen LogP contribution in [0.4, 0.5) is 5.69 Å². The third kappa shape index (κ3) is 3.73. The maximum atomic E-state index is 13.3. The summed E-state index contributed by atoms with van der Waals surface area (Å²) < 4.78 is 0. The van der Waals surface area contributed by atoms with Crippen molar-refractivity contribution in [3.63, 3.8) is 0 Å². The van der Waals surface area contributed by atoms with E-state index in [1.165, 1.54) is 5.56 Å². The van der Waals surface area contributed by atoms with E-state index < -0.39 is 0 Å². The first kappa shape index (κ1) is 19.9. The lowest BCUT2D eigenvalue weighted by molar-refractivity contribution is 0.102. The molecule has 0 bridgehead atoms. The maximum absolute atomic E-state index is 13.3. The normalized spacial score (nSPS) is 11.2. The van der Waals surface area contributed by atoms with E-state index in [0.717, 1.165) is 57.2 Å². The summed E-state index contributed by atoms with van der Waals surface area (Å²) in [5, 5.41) is 5.19. The number of nitrogens with one attached hydrogen (secondary N) is 2. The molecule has 0 radical (unpaired) electrons. The standard InChI is InChI=1S/C27H24N4O/c1-17-6-5-7-18(2)25(17)31-27(32)24-16-21-20-8-3-4-9-22(20)30-26(21)23(29-24)11-10-19-12-14-28-15-13-19/h3-9,12-16,30H,10-11H2,1-2H3,(H,31,32). The number of fused-ring (bicyclic) bond motifs is 3. The van der Waals surface area contributed by atoms with Crippen molar-refractivity contribution >= 4 is 33.4 Å². The molecule has 2 aromatic carbocycles. The molecule has 5 heteroatoms. The SMILES string of the molecule is Cc1cccc(C)c1NC(=O)c1cc2c([nH]c3ccccc32)c(CCc2ccncc2)n1. The molecule has 2 N–H and O–H groups in total. The Morgan fingerprint density at radius 2 is 1.66 bits per heavy atom. The molecule has 0 aliphatic carbocycles. The molecule has 0 unspecified atom stereocenters. The monoisotopic (exact) mass is 420 g/mol. The predicted molar refractivity (Wildman–Crippen MR) is 129 cm³/mol. The zero-order chi connectivity index (χ0) is 22.1. The van der Waals surface area contributed by atoms with Crippen LogP contribution in [0.15, 0.2) is 73.1 Å². The highest BCUT2D eigenvalue weighted by Gasteiger charge is 2.17. The molecule has 0 aliphatic heterocycles. The highest BCUT2D eigenvalue weighted by molar-refractivity contribution is 6.12. The fourth-order valence-electron chi connectivity index (χ4n) is 4.21. The minimum Gasteiger partial charge on any atom is -0.353 e. The van der Waals surface area contributed by atoms with Gasteiger partial charge < -0.3 is 10.3 Å². The summed E-state index contributed by atoms with van der Waals surface area (Å²) >= 11 is 0. The number of aromatic amines is 1. The van der Waals surface area contributed by atoms with E-state index in [2.05, 4.69) is 27.4 Å². The third-order valence-electron chi connectivity index (χ3n) is 5.92. The van der Waals surface area contributed by atoms with Crippen LogP contribution in [0.2, 0.25) is 0 Å². The van der Waals surface area contributed by atoms with Crippen LogP contribution in [-0.4, -0.2) is 20.9 Å². The number of aromatic nitrogens is 3. The van der Waals surface area contributed by atoms with Gasteiger partial charge in [0.1, 0.15) is 5.69 Å². The van der Waals surface area contributed by atoms with Crippen LogP contribution in [0, 0.1) is 13.8 Å². The predicted octanol–water partition coefficient (Wildman–Crippen LogP) is 5.77. The summed E-state index contributed by atoms with van der Waals surface area (Å²) in [6.45, 7) is 4.00. The van der Waals surface area contributed by atoms with Gasteiger partial charge in [-0.25, -0.2) is 4.98 Å². The number of H-pyrrole nitrogens is 1. The van der Waals surface area contributed by atoms with Gasteiger partial charge in [0.25, 0.3) is 5.91 Å². The summed E-state index contributed by atoms with van der Waals surface area (Å²) in [7, 11) is 0. The smallest absolute Gasteiger partial charge is 0.274 e. The quantitative estimate of drug-likeness (QED) is 0.379. The first-order valence-corrected chi connectivity index (χ1v) is 10.8. The van der Waals surface area contributed by atoms with E-state index >= 15 is 0 Å². The van der Waals surface area contributed by atoms with Gasteiger partial charge in [-0.2, -0.15) is 0 Å². The van der Waals surface area contributed by atoms with Crippen molar-refractivity contribution < 1.29 is 4.79 Å². The van der Waals surface area contributed by atoms with E-state index in [0.29, 0.717) is 5.69 Å². The van der Waals surface area contributed by atoms with Gasteiger partial charge in [0.15, 0.2) is 0 Å². The van der Waals surface area contributed by atoms with Crippen molar-refractivity contribution in [1.82, 2.24) is 15.0 Å². The Morgan fingerprint density at radius 1 is 0.906 bits per heavy atom. The number of aryl methyl sites for hydroxylation is 4. The molecule has 158 valence electrons. The lowest BCUT2D eigenvalue weighted by atomic mass is 10.1. The number of nitrogens with zero attached hydrogens (tertiary/aromatic N) is 2. The van der Waals surface area contributed by atoms with Gasteiger partial charge in [-0.3, -0.25) is 9.78 Å². The van der Waals surface area contributed by atoms with E-state index in [1.807, 2.05) is 62.4 Å². The number of amides is 1. The van der Waals surface area contributed by atoms with Crippen molar-refractivity contribution in [3.8, 4) is 0 Å². The molecule has 3 aromatic heterocycles. The average Bonchev–Trinajstić information content (AvgIpc) is 3.19. The minimum atomic E-state index is -0.195. The number of hydrogen-bond acceptors (Lipinski definition) is 3. The summed E-state index contributed by atoms with van der Waals surface area (Å²) in [5.41, 5.74) is 7.45. The van der Waals surface area contributed by atoms with Gasteiger partial charge >= 0.3 is 0 Å². The van der Waals surface area contributed by atoms with E-state index in [1.54, 1.807) is 12.4 Å². The molecule has 32 heavy (non-hydrogen) atoms. The number of pyridine rings is 2. The molecule has 0 saturated carbocycles. The van der Waals surface area contributed by atoms with Gasteiger partial charge in [0, 0.05) is 34.4 Å². The molecule has 3 heterocycles. The van der Waals surface area contributed by atoms with Crippen LogP contribution in [0.1, 0.15) is 32.9 Å². The second-order valence-electron chi connectivity index (χ2n) is 8.12. The zero-order valence-electron chi connectivity index (χ0n) is 18.1. The fourth-order valence-corrected chi connectivity index (χ4v) is 4.21. The van der Waals surface area contributed by atoms with Crippen LogP contribution in [0.5, 0.6) is 0 Å². The Morgan fingerprint density at radius 3 is 2.44 bits per heavy atom. The molecule has 5 rings (SSSR count). The molecule has 0 atom stereocenters. The highest BCUT2D eigenvalue weighted by atomic mass is 16.1. The number of benzene rings is 2. The molecule has 5 aromatic rings. The lowest BCUT2D eigenvalue weighted by Gasteiger charge is -2.12. The molecular weight excluding hydrogens is 396 g/mol. The van der Waals surface area contributed by atoms with Crippen LogP contribution >= 0.6 is 0 Å². The molecule has 5 nitrogen and oxygen atoms in total. The van der Waals surface area contributed by atoms with Crippen LogP contribution in [0.3, 0.4) is 0 Å². The molecule has 1 amide bonds. The van der Waals surface area contributed by atoms with Crippen molar-refractivity contribution in [2.45, 2.75) is 26.7 Å². The Balaban J connectivity index is 1.57. The van der Waals surface area contributed by atoms with Crippen LogP contribution in [0.25, 0.3) is 21.8 Å². The van der Waals surface area contributed by atoms with E-state index in [4.69, 9.17) is 4.98 Å². The molecule has 0 fully saturated rings. The van der Waals surface area contributed by atoms with Gasteiger partial charge in [0.2, 0.25) is 0 Å². The highest BCUT2D eigenvalue weighted by Crippen LogP contribution is 2.29. The van der Waals surface area contributed by atoms with E-state index in [9.17, 15) is 4.79 Å². The van der Waals surface area contributed by atoms with Crippen molar-refractivity contribution in [3.05, 3.63) is 101 Å².